The molecule has 2 fully saturated rings. The van der Waals surface area contributed by atoms with E-state index in [0.717, 1.165) is 54.4 Å². The van der Waals surface area contributed by atoms with E-state index in [9.17, 15) is 4.79 Å². The maximum Gasteiger partial charge on any atom is 0.253 e. The molecule has 1 aliphatic carbocycles. The third kappa shape index (κ3) is 5.74. The van der Waals surface area contributed by atoms with Crippen molar-refractivity contribution in [3.8, 4) is 0 Å². The van der Waals surface area contributed by atoms with Crippen molar-refractivity contribution >= 4 is 5.91 Å². The molecule has 0 unspecified atom stereocenters. The number of hydrogen-bond acceptors (Lipinski definition) is 3. The quantitative estimate of drug-likeness (QED) is 0.683. The average molecular weight is 420 g/mol. The van der Waals surface area contributed by atoms with Gasteiger partial charge in [0, 0.05) is 24.7 Å². The van der Waals surface area contributed by atoms with Crippen LogP contribution in [-0.2, 0) is 6.54 Å². The second-order valence-electron chi connectivity index (χ2n) is 9.57. The number of carbonyl (C=O) groups excluding carboxylic acids is 1. The van der Waals surface area contributed by atoms with Gasteiger partial charge in [-0.2, -0.15) is 0 Å². The molecule has 1 saturated heterocycles. The highest BCUT2D eigenvalue weighted by Gasteiger charge is 2.27. The molecule has 0 radical (unpaired) electrons. The fourth-order valence-electron chi connectivity index (χ4n) is 5.28. The molecule has 1 aliphatic heterocycles. The van der Waals surface area contributed by atoms with Crippen molar-refractivity contribution in [1.82, 2.24) is 15.2 Å². The molecule has 1 aromatic heterocycles. The molecule has 1 N–H and O–H groups in total. The Labute approximate surface area is 187 Å². The van der Waals surface area contributed by atoms with Crippen LogP contribution in [0.15, 0.2) is 36.4 Å². The van der Waals surface area contributed by atoms with E-state index >= 15 is 0 Å². The van der Waals surface area contributed by atoms with Crippen molar-refractivity contribution in [3.05, 3.63) is 64.5 Å². The van der Waals surface area contributed by atoms with Crippen molar-refractivity contribution in [2.45, 2.75) is 71.3 Å². The first-order valence-electron chi connectivity index (χ1n) is 12.1. The molecule has 2 aliphatic rings. The predicted octanol–water partition coefficient (Wildman–Crippen LogP) is 5.39. The van der Waals surface area contributed by atoms with Gasteiger partial charge < -0.3 is 10.2 Å². The van der Waals surface area contributed by atoms with E-state index in [1.54, 1.807) is 0 Å². The Morgan fingerprint density at radius 2 is 1.74 bits per heavy atom. The van der Waals surface area contributed by atoms with Crippen LogP contribution in [0.3, 0.4) is 0 Å². The molecule has 2 heterocycles. The third-order valence-corrected chi connectivity index (χ3v) is 7.22. The fourth-order valence-corrected chi connectivity index (χ4v) is 5.28. The lowest BCUT2D eigenvalue weighted by molar-refractivity contribution is 0.0947. The summed E-state index contributed by atoms with van der Waals surface area (Å²) in [6.45, 7) is 8.18. The minimum Gasteiger partial charge on any atom is -0.348 e. The molecule has 0 atom stereocenters. The number of benzene rings is 1. The number of hydrogen-bond donors (Lipinski definition) is 1. The highest BCUT2D eigenvalue weighted by molar-refractivity contribution is 5.95. The molecule has 1 saturated carbocycles. The molecule has 4 nitrogen and oxygen atoms in total. The number of carbonyl (C=O) groups is 1. The number of piperidine rings is 1. The van der Waals surface area contributed by atoms with Crippen molar-refractivity contribution < 1.29 is 4.79 Å². The lowest BCUT2D eigenvalue weighted by Crippen LogP contribution is -2.37. The molecule has 4 rings (SSSR count). The summed E-state index contributed by atoms with van der Waals surface area (Å²) in [6.07, 6.45) is 9.26. The van der Waals surface area contributed by atoms with E-state index in [2.05, 4.69) is 29.3 Å². The van der Waals surface area contributed by atoms with Crippen LogP contribution in [-0.4, -0.2) is 35.4 Å². The van der Waals surface area contributed by atoms with Gasteiger partial charge in [0.2, 0.25) is 0 Å². The molecule has 166 valence electrons. The molecular formula is C27H37N3O. The number of likely N-dealkylation sites (tertiary alicyclic amines) is 1. The Morgan fingerprint density at radius 1 is 1.00 bits per heavy atom. The van der Waals surface area contributed by atoms with E-state index in [1.807, 2.05) is 31.2 Å². The average Bonchev–Trinajstić information content (AvgIpc) is 2.79. The highest BCUT2D eigenvalue weighted by atomic mass is 16.1. The Kier molecular flexibility index (Phi) is 7.39. The number of rotatable bonds is 6. The third-order valence-electron chi connectivity index (χ3n) is 7.22. The minimum absolute atomic E-state index is 0.00427. The zero-order chi connectivity index (χ0) is 21.6. The van der Waals surface area contributed by atoms with E-state index in [0.29, 0.717) is 12.5 Å². The summed E-state index contributed by atoms with van der Waals surface area (Å²) in [7, 11) is 0. The standard InChI is InChI=1S/C27H37N3O/c1-20-8-6-7-11-24(20)18-28-27(31)25-13-12-21(2)29-26(25)23-14-16-30(17-15-23)19-22-9-4-3-5-10-22/h6-8,11-13,22-23H,3-5,9-10,14-19H2,1-2H3,(H,28,31). The van der Waals surface area contributed by atoms with Gasteiger partial charge in [-0.15, -0.1) is 0 Å². The lowest BCUT2D eigenvalue weighted by atomic mass is 9.86. The second-order valence-corrected chi connectivity index (χ2v) is 9.57. The Morgan fingerprint density at radius 3 is 2.48 bits per heavy atom. The zero-order valence-corrected chi connectivity index (χ0v) is 19.2. The van der Waals surface area contributed by atoms with E-state index < -0.39 is 0 Å². The van der Waals surface area contributed by atoms with Gasteiger partial charge in [0.15, 0.2) is 0 Å². The number of aryl methyl sites for hydroxylation is 2. The maximum atomic E-state index is 13.1. The van der Waals surface area contributed by atoms with Crippen LogP contribution in [0.2, 0.25) is 0 Å². The Bertz CT molecular complexity index is 880. The van der Waals surface area contributed by atoms with E-state index in [-0.39, 0.29) is 5.91 Å². The highest BCUT2D eigenvalue weighted by Crippen LogP contribution is 2.31. The molecule has 1 aromatic carbocycles. The summed E-state index contributed by atoms with van der Waals surface area (Å²) in [5.74, 6) is 1.27. The van der Waals surface area contributed by atoms with Gasteiger partial charge >= 0.3 is 0 Å². The summed E-state index contributed by atoms with van der Waals surface area (Å²) in [4.78, 5) is 20.6. The van der Waals surface area contributed by atoms with Crippen LogP contribution in [0.5, 0.6) is 0 Å². The maximum absolute atomic E-state index is 13.1. The molecule has 1 amide bonds. The molecule has 31 heavy (non-hydrogen) atoms. The van der Waals surface area contributed by atoms with Crippen LogP contribution in [0.4, 0.5) is 0 Å². The first-order valence-corrected chi connectivity index (χ1v) is 12.1. The zero-order valence-electron chi connectivity index (χ0n) is 19.2. The molecule has 0 bridgehead atoms. The van der Waals surface area contributed by atoms with Crippen LogP contribution in [0.1, 0.15) is 83.7 Å². The molecule has 0 spiro atoms. The SMILES string of the molecule is Cc1ccc(C(=O)NCc2ccccc2C)c(C2CCN(CC3CCCCC3)CC2)n1. The lowest BCUT2D eigenvalue weighted by Gasteiger charge is -2.35. The number of pyridine rings is 1. The second kappa shape index (κ2) is 10.4. The van der Waals surface area contributed by atoms with Crippen molar-refractivity contribution in [1.29, 1.82) is 0 Å². The van der Waals surface area contributed by atoms with Crippen LogP contribution < -0.4 is 5.32 Å². The number of aromatic nitrogens is 1. The summed E-state index contributed by atoms with van der Waals surface area (Å²) in [6, 6.07) is 12.1. The van der Waals surface area contributed by atoms with Gasteiger partial charge in [-0.05, 0) is 81.8 Å². The van der Waals surface area contributed by atoms with Gasteiger partial charge in [0.05, 0.1) is 11.3 Å². The first kappa shape index (κ1) is 22.0. The summed E-state index contributed by atoms with van der Waals surface area (Å²) < 4.78 is 0. The summed E-state index contributed by atoms with van der Waals surface area (Å²) in [5, 5.41) is 3.13. The first-order chi connectivity index (χ1) is 15.1. The predicted molar refractivity (Wildman–Crippen MR) is 126 cm³/mol. The van der Waals surface area contributed by atoms with Gasteiger partial charge in [0.25, 0.3) is 5.91 Å². The largest absolute Gasteiger partial charge is 0.348 e. The van der Waals surface area contributed by atoms with Crippen molar-refractivity contribution in [2.24, 2.45) is 5.92 Å². The monoisotopic (exact) mass is 419 g/mol. The van der Waals surface area contributed by atoms with Crippen LogP contribution >= 0.6 is 0 Å². The molecule has 4 heteroatoms. The number of nitrogens with one attached hydrogen (secondary N) is 1. The van der Waals surface area contributed by atoms with Crippen molar-refractivity contribution in [2.75, 3.05) is 19.6 Å². The smallest absolute Gasteiger partial charge is 0.253 e. The molecule has 2 aromatic rings. The Hall–Kier alpha value is -2.20. The summed E-state index contributed by atoms with van der Waals surface area (Å²) in [5.41, 5.74) is 5.11. The number of amides is 1. The Balaban J connectivity index is 1.39. The van der Waals surface area contributed by atoms with E-state index in [4.69, 9.17) is 4.98 Å². The van der Waals surface area contributed by atoms with Crippen LogP contribution in [0.25, 0.3) is 0 Å². The normalized spacial score (nSPS) is 18.8. The van der Waals surface area contributed by atoms with Gasteiger partial charge in [-0.1, -0.05) is 43.5 Å². The number of nitrogens with zero attached hydrogens (tertiary/aromatic N) is 2. The van der Waals surface area contributed by atoms with Crippen LogP contribution in [0, 0.1) is 19.8 Å². The van der Waals surface area contributed by atoms with Gasteiger partial charge in [-0.3, -0.25) is 9.78 Å². The summed E-state index contributed by atoms with van der Waals surface area (Å²) >= 11 is 0. The fraction of sp³-hybridized carbons (Fsp3) is 0.556. The van der Waals surface area contributed by atoms with Gasteiger partial charge in [-0.25, -0.2) is 0 Å². The molecular weight excluding hydrogens is 382 g/mol. The van der Waals surface area contributed by atoms with Crippen molar-refractivity contribution in [3.63, 3.8) is 0 Å². The van der Waals surface area contributed by atoms with E-state index in [1.165, 1.54) is 44.2 Å². The minimum atomic E-state index is -0.00427. The van der Waals surface area contributed by atoms with Gasteiger partial charge in [0.1, 0.15) is 0 Å². The topological polar surface area (TPSA) is 45.2 Å².